The number of carboxylic acids is 1. The van der Waals surface area contributed by atoms with Crippen LogP contribution in [0.25, 0.3) is 11.4 Å². The second-order valence-corrected chi connectivity index (χ2v) is 6.28. The van der Waals surface area contributed by atoms with Crippen LogP contribution in [0.1, 0.15) is 18.4 Å². The third-order valence-electron chi connectivity index (χ3n) is 3.99. The van der Waals surface area contributed by atoms with Crippen molar-refractivity contribution in [2.24, 2.45) is 0 Å². The minimum atomic E-state index is -0.836. The van der Waals surface area contributed by atoms with Crippen LogP contribution in [0, 0.1) is 0 Å². The Morgan fingerprint density at radius 3 is 2.55 bits per heavy atom. The zero-order chi connectivity index (χ0) is 20.5. The quantitative estimate of drug-likeness (QED) is 0.503. The molecule has 0 unspecified atom stereocenters. The van der Waals surface area contributed by atoms with E-state index in [1.54, 1.807) is 12.1 Å². The van der Waals surface area contributed by atoms with Crippen LogP contribution in [0.5, 0.6) is 5.75 Å². The fraction of sp³-hybridized carbons (Fsp3) is 0.250. The van der Waals surface area contributed by atoms with E-state index in [9.17, 15) is 9.59 Å². The molecular weight excluding hydrogens is 374 g/mol. The van der Waals surface area contributed by atoms with E-state index in [0.29, 0.717) is 31.1 Å². The molecule has 1 amide bonds. The molecule has 0 bridgehead atoms. The number of tetrazole rings is 1. The highest BCUT2D eigenvalue weighted by atomic mass is 16.5. The van der Waals surface area contributed by atoms with Crippen LogP contribution in [0.3, 0.4) is 0 Å². The molecule has 1 aromatic heterocycles. The van der Waals surface area contributed by atoms with E-state index in [0.717, 1.165) is 11.1 Å². The lowest BCUT2D eigenvalue weighted by atomic mass is 10.2. The zero-order valence-electron chi connectivity index (χ0n) is 15.7. The third kappa shape index (κ3) is 6.42. The van der Waals surface area contributed by atoms with Crippen LogP contribution in [0.4, 0.5) is 0 Å². The molecule has 0 radical (unpaired) electrons. The first kappa shape index (κ1) is 20.0. The van der Waals surface area contributed by atoms with Gasteiger partial charge in [0.15, 0.2) is 0 Å². The van der Waals surface area contributed by atoms with E-state index in [4.69, 9.17) is 9.84 Å². The lowest BCUT2D eigenvalue weighted by Gasteiger charge is -2.07. The number of hydrogen-bond donors (Lipinski definition) is 2. The topological polar surface area (TPSA) is 119 Å². The van der Waals surface area contributed by atoms with E-state index >= 15 is 0 Å². The average Bonchev–Trinajstić information content (AvgIpc) is 3.19. The van der Waals surface area contributed by atoms with Gasteiger partial charge in [-0.1, -0.05) is 42.5 Å². The van der Waals surface area contributed by atoms with Gasteiger partial charge in [-0.25, -0.2) is 0 Å². The van der Waals surface area contributed by atoms with Gasteiger partial charge in [-0.2, -0.15) is 4.80 Å². The van der Waals surface area contributed by atoms with Crippen LogP contribution < -0.4 is 10.1 Å². The Labute approximate surface area is 167 Å². The number of hydrogen-bond acceptors (Lipinski definition) is 6. The van der Waals surface area contributed by atoms with Crippen LogP contribution in [-0.4, -0.2) is 43.8 Å². The molecule has 0 saturated heterocycles. The number of rotatable bonds is 10. The van der Waals surface area contributed by atoms with Gasteiger partial charge >= 0.3 is 5.97 Å². The Balaban J connectivity index is 1.42. The van der Waals surface area contributed by atoms with E-state index in [1.807, 2.05) is 42.5 Å². The van der Waals surface area contributed by atoms with Gasteiger partial charge in [0, 0.05) is 18.5 Å². The summed E-state index contributed by atoms with van der Waals surface area (Å²) in [6.07, 6.45) is 0.535. The Hall–Kier alpha value is -3.75. The summed E-state index contributed by atoms with van der Waals surface area (Å²) in [7, 11) is 0. The molecule has 3 aromatic rings. The van der Waals surface area contributed by atoms with E-state index in [1.165, 1.54) is 4.80 Å². The predicted octanol–water partition coefficient (Wildman–Crippen LogP) is 1.90. The number of nitrogens with zero attached hydrogens (tertiary/aromatic N) is 4. The first-order valence-corrected chi connectivity index (χ1v) is 9.13. The summed E-state index contributed by atoms with van der Waals surface area (Å²) in [6, 6.07) is 16.7. The monoisotopic (exact) mass is 395 g/mol. The molecule has 2 aromatic carbocycles. The first-order valence-electron chi connectivity index (χ1n) is 9.13. The second-order valence-electron chi connectivity index (χ2n) is 6.28. The first-order chi connectivity index (χ1) is 14.1. The molecule has 3 rings (SSSR count). The molecule has 0 aliphatic carbocycles. The highest BCUT2D eigenvalue weighted by Gasteiger charge is 2.09. The van der Waals surface area contributed by atoms with Gasteiger partial charge in [-0.3, -0.25) is 9.59 Å². The highest BCUT2D eigenvalue weighted by Crippen LogP contribution is 2.13. The molecule has 2 N–H and O–H groups in total. The zero-order valence-corrected chi connectivity index (χ0v) is 15.7. The van der Waals surface area contributed by atoms with Crippen LogP contribution in [0.2, 0.25) is 0 Å². The Bertz CT molecular complexity index is 941. The number of aromatic nitrogens is 4. The van der Waals surface area contributed by atoms with Crippen molar-refractivity contribution in [1.82, 2.24) is 25.5 Å². The Morgan fingerprint density at radius 1 is 1.07 bits per heavy atom. The fourth-order valence-corrected chi connectivity index (χ4v) is 2.51. The molecule has 1 heterocycles. The molecule has 0 aliphatic heterocycles. The largest absolute Gasteiger partial charge is 0.494 e. The summed E-state index contributed by atoms with van der Waals surface area (Å²) < 4.78 is 5.48. The van der Waals surface area contributed by atoms with Crippen molar-refractivity contribution in [1.29, 1.82) is 0 Å². The molecular formula is C20H21N5O4. The third-order valence-corrected chi connectivity index (χ3v) is 3.99. The lowest BCUT2D eigenvalue weighted by Crippen LogP contribution is -2.28. The summed E-state index contributed by atoms with van der Waals surface area (Å²) in [5.41, 5.74) is 1.75. The number of amides is 1. The van der Waals surface area contributed by atoms with Gasteiger partial charge < -0.3 is 15.2 Å². The van der Waals surface area contributed by atoms with Crippen molar-refractivity contribution < 1.29 is 19.4 Å². The van der Waals surface area contributed by atoms with E-state index in [-0.39, 0.29) is 18.9 Å². The van der Waals surface area contributed by atoms with Gasteiger partial charge in [-0.05, 0) is 29.3 Å². The highest BCUT2D eigenvalue weighted by molar-refractivity contribution is 5.75. The summed E-state index contributed by atoms with van der Waals surface area (Å²) >= 11 is 0. The number of benzene rings is 2. The molecule has 0 atom stereocenters. The fourth-order valence-electron chi connectivity index (χ4n) is 2.51. The molecule has 150 valence electrons. The Kier molecular flexibility index (Phi) is 6.88. The van der Waals surface area contributed by atoms with Gasteiger partial charge in [0.25, 0.3) is 0 Å². The summed E-state index contributed by atoms with van der Waals surface area (Å²) in [4.78, 5) is 23.8. The molecule has 0 fully saturated rings. The normalized spacial score (nSPS) is 10.5. The maximum atomic E-state index is 12.1. The molecule has 0 spiro atoms. The average molecular weight is 395 g/mol. The number of carbonyl (C=O) groups excluding carboxylic acids is 1. The van der Waals surface area contributed by atoms with E-state index in [2.05, 4.69) is 20.7 Å². The summed E-state index contributed by atoms with van der Waals surface area (Å²) in [5.74, 6) is 0.0659. The van der Waals surface area contributed by atoms with Gasteiger partial charge in [-0.15, -0.1) is 10.2 Å². The standard InChI is InChI=1S/C20H21N5O4/c26-18(14-25-23-20(22-24-25)16-5-2-1-3-6-16)21-13-15-8-10-17(11-9-15)29-12-4-7-19(27)28/h1-3,5-6,8-11H,4,7,12-14H2,(H,21,26)(H,27,28). The van der Waals surface area contributed by atoms with Crippen molar-refractivity contribution in [2.75, 3.05) is 6.61 Å². The number of carbonyl (C=O) groups is 2. The minimum Gasteiger partial charge on any atom is -0.494 e. The van der Waals surface area contributed by atoms with E-state index < -0.39 is 5.97 Å². The van der Waals surface area contributed by atoms with Crippen LogP contribution in [0.15, 0.2) is 54.6 Å². The van der Waals surface area contributed by atoms with Gasteiger partial charge in [0.05, 0.1) is 6.61 Å². The molecule has 0 saturated carbocycles. The molecule has 0 aliphatic rings. The number of nitrogens with one attached hydrogen (secondary N) is 1. The Morgan fingerprint density at radius 2 is 1.83 bits per heavy atom. The van der Waals surface area contributed by atoms with Crippen LogP contribution >= 0.6 is 0 Å². The smallest absolute Gasteiger partial charge is 0.303 e. The minimum absolute atomic E-state index is 0.0232. The number of aliphatic carboxylic acids is 1. The SMILES string of the molecule is O=C(O)CCCOc1ccc(CNC(=O)Cn2nnc(-c3ccccc3)n2)cc1. The van der Waals surface area contributed by atoms with Crippen molar-refractivity contribution in [3.05, 3.63) is 60.2 Å². The lowest BCUT2D eigenvalue weighted by molar-refractivity contribution is -0.137. The van der Waals surface area contributed by atoms with Crippen molar-refractivity contribution in [3.63, 3.8) is 0 Å². The second kappa shape index (κ2) is 9.98. The predicted molar refractivity (Wildman–Crippen MR) is 104 cm³/mol. The number of carboxylic acid groups (broad SMARTS) is 1. The molecule has 9 nitrogen and oxygen atoms in total. The maximum absolute atomic E-state index is 12.1. The number of ether oxygens (including phenoxy) is 1. The van der Waals surface area contributed by atoms with Crippen molar-refractivity contribution >= 4 is 11.9 Å². The molecule has 29 heavy (non-hydrogen) atoms. The summed E-state index contributed by atoms with van der Waals surface area (Å²) in [5, 5.41) is 23.5. The van der Waals surface area contributed by atoms with Crippen LogP contribution in [-0.2, 0) is 22.7 Å². The van der Waals surface area contributed by atoms with Gasteiger partial charge in [0.2, 0.25) is 11.7 Å². The maximum Gasteiger partial charge on any atom is 0.303 e. The van der Waals surface area contributed by atoms with Gasteiger partial charge in [0.1, 0.15) is 12.3 Å². The van der Waals surface area contributed by atoms with Crippen molar-refractivity contribution in [3.8, 4) is 17.1 Å². The molecule has 9 heteroatoms. The summed E-state index contributed by atoms with van der Waals surface area (Å²) in [6.45, 7) is 0.682. The van der Waals surface area contributed by atoms with Crippen molar-refractivity contribution in [2.45, 2.75) is 25.9 Å².